The van der Waals surface area contributed by atoms with Gasteiger partial charge in [0.15, 0.2) is 0 Å². The van der Waals surface area contributed by atoms with E-state index in [-0.39, 0.29) is 12.1 Å². The van der Waals surface area contributed by atoms with Gasteiger partial charge in [0.2, 0.25) is 0 Å². The topological polar surface area (TPSA) is 35.5 Å². The largest absolute Gasteiger partial charge is 0.427 e. The maximum atomic E-state index is 11.2. The van der Waals surface area contributed by atoms with E-state index in [1.165, 1.54) is 11.1 Å². The van der Waals surface area contributed by atoms with Gasteiger partial charge in [0.25, 0.3) is 0 Å². The van der Waals surface area contributed by atoms with Crippen LogP contribution >= 0.6 is 0 Å². The van der Waals surface area contributed by atoms with Crippen molar-refractivity contribution in [2.24, 2.45) is 0 Å². The summed E-state index contributed by atoms with van der Waals surface area (Å²) in [6, 6.07) is 5.85. The fourth-order valence-corrected chi connectivity index (χ4v) is 2.25. The molecule has 0 radical (unpaired) electrons. The molecule has 1 aromatic carbocycles. The van der Waals surface area contributed by atoms with Crippen LogP contribution in [0.2, 0.25) is 0 Å². The van der Waals surface area contributed by atoms with Gasteiger partial charge in [-0.1, -0.05) is 13.0 Å². The smallest absolute Gasteiger partial charge is 0.310 e. The molecule has 3 nitrogen and oxygen atoms in total. The van der Waals surface area contributed by atoms with Crippen LogP contribution in [-0.4, -0.2) is 13.1 Å². The van der Waals surface area contributed by atoms with E-state index in [0.717, 1.165) is 19.3 Å². The van der Waals surface area contributed by atoms with Crippen LogP contribution in [0.15, 0.2) is 18.2 Å². The molecular weight excluding hydrogens is 216 g/mol. The number of aryl methyl sites for hydroxylation is 1. The molecule has 0 N–H and O–H groups in total. The van der Waals surface area contributed by atoms with Gasteiger partial charge in [0, 0.05) is 13.5 Å². The molecule has 0 fully saturated rings. The molecule has 2 rings (SSSR count). The highest BCUT2D eigenvalue weighted by Crippen LogP contribution is 2.34. The first kappa shape index (κ1) is 12.1. The molecule has 1 unspecified atom stereocenters. The van der Waals surface area contributed by atoms with Crippen molar-refractivity contribution in [3.8, 4) is 5.75 Å². The van der Waals surface area contributed by atoms with Crippen molar-refractivity contribution in [2.45, 2.75) is 38.7 Å². The van der Waals surface area contributed by atoms with Gasteiger partial charge in [0.05, 0.1) is 6.10 Å². The summed E-state index contributed by atoms with van der Waals surface area (Å²) in [5.41, 5.74) is 2.47. The Hall–Kier alpha value is -1.35. The SMILES string of the molecule is CCC(=O)Oc1ccc2c(c1)C(OC)CCC2. The third-order valence-corrected chi connectivity index (χ3v) is 3.18. The van der Waals surface area contributed by atoms with E-state index < -0.39 is 0 Å². The summed E-state index contributed by atoms with van der Waals surface area (Å²) in [7, 11) is 1.73. The van der Waals surface area contributed by atoms with Gasteiger partial charge >= 0.3 is 5.97 Å². The molecule has 0 saturated carbocycles. The Morgan fingerprint density at radius 3 is 3.00 bits per heavy atom. The first-order valence-corrected chi connectivity index (χ1v) is 6.11. The third kappa shape index (κ3) is 2.67. The number of rotatable bonds is 3. The van der Waals surface area contributed by atoms with Crippen molar-refractivity contribution in [2.75, 3.05) is 7.11 Å². The van der Waals surface area contributed by atoms with E-state index in [2.05, 4.69) is 0 Å². The van der Waals surface area contributed by atoms with Crippen LogP contribution in [0.5, 0.6) is 5.75 Å². The van der Waals surface area contributed by atoms with Gasteiger partial charge in [-0.05, 0) is 42.5 Å². The molecular formula is C14H18O3. The minimum atomic E-state index is -0.199. The Balaban J connectivity index is 2.24. The zero-order chi connectivity index (χ0) is 12.3. The Morgan fingerprint density at radius 2 is 2.29 bits per heavy atom. The standard InChI is InChI=1S/C14H18O3/c1-3-14(15)17-11-8-7-10-5-4-6-13(16-2)12(10)9-11/h7-9,13H,3-6H2,1-2H3. The number of carbonyl (C=O) groups excluding carboxylic acids is 1. The number of methoxy groups -OCH3 is 1. The molecule has 0 heterocycles. The van der Waals surface area contributed by atoms with Crippen LogP contribution in [0.1, 0.15) is 43.4 Å². The van der Waals surface area contributed by atoms with E-state index in [1.54, 1.807) is 14.0 Å². The Morgan fingerprint density at radius 1 is 1.47 bits per heavy atom. The number of fused-ring (bicyclic) bond motifs is 1. The zero-order valence-corrected chi connectivity index (χ0v) is 10.4. The van der Waals surface area contributed by atoms with E-state index in [9.17, 15) is 4.79 Å². The normalized spacial score (nSPS) is 18.6. The predicted molar refractivity (Wildman–Crippen MR) is 65.1 cm³/mol. The first-order valence-electron chi connectivity index (χ1n) is 6.11. The van der Waals surface area contributed by atoms with Crippen molar-refractivity contribution >= 4 is 5.97 Å². The second-order valence-electron chi connectivity index (χ2n) is 4.30. The minimum absolute atomic E-state index is 0.138. The van der Waals surface area contributed by atoms with Gasteiger partial charge in [-0.2, -0.15) is 0 Å². The van der Waals surface area contributed by atoms with Crippen LogP contribution < -0.4 is 4.74 Å². The van der Waals surface area contributed by atoms with Crippen LogP contribution in [0.25, 0.3) is 0 Å². The van der Waals surface area contributed by atoms with Crippen LogP contribution in [0.3, 0.4) is 0 Å². The van der Waals surface area contributed by atoms with Gasteiger partial charge in [-0.3, -0.25) is 4.79 Å². The highest BCUT2D eigenvalue weighted by Gasteiger charge is 2.20. The molecule has 1 atom stereocenters. The molecule has 0 amide bonds. The molecule has 0 bridgehead atoms. The van der Waals surface area contributed by atoms with Crippen molar-refractivity contribution in [1.82, 2.24) is 0 Å². The lowest BCUT2D eigenvalue weighted by Gasteiger charge is -2.24. The minimum Gasteiger partial charge on any atom is -0.427 e. The average molecular weight is 234 g/mol. The van der Waals surface area contributed by atoms with E-state index in [0.29, 0.717) is 12.2 Å². The summed E-state index contributed by atoms with van der Waals surface area (Å²) in [4.78, 5) is 11.2. The number of carbonyl (C=O) groups is 1. The molecule has 3 heteroatoms. The Kier molecular flexibility index (Phi) is 3.79. The Labute approximate surface area is 102 Å². The summed E-state index contributed by atoms with van der Waals surface area (Å²) in [5, 5.41) is 0. The van der Waals surface area contributed by atoms with Crippen molar-refractivity contribution in [3.05, 3.63) is 29.3 Å². The Bertz CT molecular complexity index is 412. The number of ether oxygens (including phenoxy) is 2. The van der Waals surface area contributed by atoms with Gasteiger partial charge in [-0.15, -0.1) is 0 Å². The summed E-state index contributed by atoms with van der Waals surface area (Å²) in [5.74, 6) is 0.425. The predicted octanol–water partition coefficient (Wildman–Crippen LogP) is 3.03. The molecule has 0 saturated heterocycles. The highest BCUT2D eigenvalue weighted by molar-refractivity contribution is 5.72. The first-order chi connectivity index (χ1) is 8.24. The lowest BCUT2D eigenvalue weighted by molar-refractivity contribution is -0.134. The molecule has 92 valence electrons. The number of hydrogen-bond acceptors (Lipinski definition) is 3. The van der Waals surface area contributed by atoms with Gasteiger partial charge in [-0.25, -0.2) is 0 Å². The summed E-state index contributed by atoms with van der Waals surface area (Å²) in [6.45, 7) is 1.79. The molecule has 1 aliphatic rings. The van der Waals surface area contributed by atoms with Gasteiger partial charge < -0.3 is 9.47 Å². The number of esters is 1. The lowest BCUT2D eigenvalue weighted by Crippen LogP contribution is -2.12. The van der Waals surface area contributed by atoms with Crippen molar-refractivity contribution in [1.29, 1.82) is 0 Å². The summed E-state index contributed by atoms with van der Waals surface area (Å²) < 4.78 is 10.7. The fourth-order valence-electron chi connectivity index (χ4n) is 2.25. The second kappa shape index (κ2) is 5.32. The molecule has 1 aliphatic carbocycles. The lowest BCUT2D eigenvalue weighted by atomic mass is 9.89. The summed E-state index contributed by atoms with van der Waals surface area (Å²) in [6.07, 6.45) is 3.80. The van der Waals surface area contributed by atoms with Crippen LogP contribution in [-0.2, 0) is 16.0 Å². The maximum Gasteiger partial charge on any atom is 0.310 e. The molecule has 1 aromatic rings. The van der Waals surface area contributed by atoms with Crippen molar-refractivity contribution in [3.63, 3.8) is 0 Å². The third-order valence-electron chi connectivity index (χ3n) is 3.18. The molecule has 0 spiro atoms. The monoisotopic (exact) mass is 234 g/mol. The van der Waals surface area contributed by atoms with Crippen molar-refractivity contribution < 1.29 is 14.3 Å². The summed E-state index contributed by atoms with van der Waals surface area (Å²) >= 11 is 0. The maximum absolute atomic E-state index is 11.2. The molecule has 17 heavy (non-hydrogen) atoms. The van der Waals surface area contributed by atoms with E-state index in [4.69, 9.17) is 9.47 Å². The van der Waals surface area contributed by atoms with Crippen LogP contribution in [0, 0.1) is 0 Å². The second-order valence-corrected chi connectivity index (χ2v) is 4.30. The number of hydrogen-bond donors (Lipinski definition) is 0. The van der Waals surface area contributed by atoms with Crippen LogP contribution in [0.4, 0.5) is 0 Å². The highest BCUT2D eigenvalue weighted by atomic mass is 16.5. The molecule has 0 aliphatic heterocycles. The molecule has 0 aromatic heterocycles. The number of benzene rings is 1. The quantitative estimate of drug-likeness (QED) is 0.595. The van der Waals surface area contributed by atoms with Gasteiger partial charge in [0.1, 0.15) is 5.75 Å². The van der Waals surface area contributed by atoms with E-state index in [1.807, 2.05) is 18.2 Å². The zero-order valence-electron chi connectivity index (χ0n) is 10.4. The fraction of sp³-hybridized carbons (Fsp3) is 0.500. The average Bonchev–Trinajstić information content (AvgIpc) is 2.37. The van der Waals surface area contributed by atoms with E-state index >= 15 is 0 Å².